The minimum absolute atomic E-state index is 0.0339. The average molecular weight is 374 g/mol. The number of carboxylic acids is 1. The molecule has 2 aromatic heterocycles. The quantitative estimate of drug-likeness (QED) is 0.585. The summed E-state index contributed by atoms with van der Waals surface area (Å²) in [4.78, 5) is 31.5. The smallest absolute Gasteiger partial charge is 0.326 e. The number of rotatable bonds is 7. The molecule has 7 nitrogen and oxygen atoms in total. The molecule has 26 heavy (non-hydrogen) atoms. The minimum atomic E-state index is -1.11. The third-order valence-electron chi connectivity index (χ3n) is 3.81. The summed E-state index contributed by atoms with van der Waals surface area (Å²) >= 11 is 1.37. The standard InChI is InChI=1S/C17H15FN4O3S/c18-10-3-1-9(2-4-10)11-7-26-16-14(11)15(20-8-21-16)22-12(17(24)25)5-6-13(19)23/h1-4,7-8,12H,5-6H2,(H2,19,23)(H,24,25)(H,20,21,22). The highest BCUT2D eigenvalue weighted by molar-refractivity contribution is 7.17. The molecule has 2 heterocycles. The van der Waals surface area contributed by atoms with Gasteiger partial charge in [0, 0.05) is 17.4 Å². The van der Waals surface area contributed by atoms with Crippen LogP contribution in [-0.4, -0.2) is 33.0 Å². The number of aromatic nitrogens is 2. The van der Waals surface area contributed by atoms with Gasteiger partial charge in [0.1, 0.15) is 28.8 Å². The van der Waals surface area contributed by atoms with Crippen molar-refractivity contribution in [3.63, 3.8) is 0 Å². The van der Waals surface area contributed by atoms with Crippen molar-refractivity contribution in [2.24, 2.45) is 5.73 Å². The van der Waals surface area contributed by atoms with E-state index in [1.54, 1.807) is 12.1 Å². The van der Waals surface area contributed by atoms with E-state index in [2.05, 4.69) is 15.3 Å². The van der Waals surface area contributed by atoms with E-state index in [1.165, 1.54) is 29.8 Å². The van der Waals surface area contributed by atoms with Crippen LogP contribution in [0.3, 0.4) is 0 Å². The van der Waals surface area contributed by atoms with Gasteiger partial charge in [-0.05, 0) is 24.1 Å². The predicted molar refractivity (Wildman–Crippen MR) is 96.3 cm³/mol. The van der Waals surface area contributed by atoms with Gasteiger partial charge in [-0.25, -0.2) is 19.2 Å². The van der Waals surface area contributed by atoms with Gasteiger partial charge in [-0.1, -0.05) is 12.1 Å². The van der Waals surface area contributed by atoms with E-state index in [0.717, 1.165) is 11.1 Å². The molecule has 1 unspecified atom stereocenters. The van der Waals surface area contributed by atoms with Crippen LogP contribution < -0.4 is 11.1 Å². The van der Waals surface area contributed by atoms with Crippen molar-refractivity contribution in [3.8, 4) is 11.1 Å². The van der Waals surface area contributed by atoms with Gasteiger partial charge in [0.2, 0.25) is 5.91 Å². The van der Waals surface area contributed by atoms with E-state index in [9.17, 15) is 19.1 Å². The fourth-order valence-corrected chi connectivity index (χ4v) is 3.45. The van der Waals surface area contributed by atoms with Crippen molar-refractivity contribution in [1.82, 2.24) is 9.97 Å². The Kier molecular flexibility index (Phi) is 5.08. The number of carbonyl (C=O) groups is 2. The molecule has 0 fully saturated rings. The molecule has 9 heteroatoms. The Balaban J connectivity index is 2.00. The largest absolute Gasteiger partial charge is 0.480 e. The Labute approximate surface area is 151 Å². The Morgan fingerprint density at radius 3 is 2.65 bits per heavy atom. The van der Waals surface area contributed by atoms with Gasteiger partial charge in [0.25, 0.3) is 0 Å². The number of nitrogens with one attached hydrogen (secondary N) is 1. The highest BCUT2D eigenvalue weighted by Crippen LogP contribution is 2.36. The highest BCUT2D eigenvalue weighted by Gasteiger charge is 2.21. The lowest BCUT2D eigenvalue weighted by atomic mass is 10.1. The van der Waals surface area contributed by atoms with Crippen molar-refractivity contribution >= 4 is 39.2 Å². The van der Waals surface area contributed by atoms with Gasteiger partial charge >= 0.3 is 5.97 Å². The summed E-state index contributed by atoms with van der Waals surface area (Å²) in [6, 6.07) is 4.94. The van der Waals surface area contributed by atoms with E-state index in [1.807, 2.05) is 5.38 Å². The summed E-state index contributed by atoms with van der Waals surface area (Å²) in [6.07, 6.45) is 1.31. The maximum Gasteiger partial charge on any atom is 0.326 e. The van der Waals surface area contributed by atoms with E-state index in [-0.39, 0.29) is 18.7 Å². The Bertz CT molecular complexity index is 958. The molecule has 0 spiro atoms. The Morgan fingerprint density at radius 2 is 2.00 bits per heavy atom. The number of hydrogen-bond donors (Lipinski definition) is 3. The topological polar surface area (TPSA) is 118 Å². The first-order chi connectivity index (χ1) is 12.5. The lowest BCUT2D eigenvalue weighted by molar-refractivity contribution is -0.138. The second-order valence-corrected chi connectivity index (χ2v) is 6.46. The molecular weight excluding hydrogens is 359 g/mol. The number of benzene rings is 1. The monoisotopic (exact) mass is 374 g/mol. The summed E-state index contributed by atoms with van der Waals surface area (Å²) in [6.45, 7) is 0. The second kappa shape index (κ2) is 7.44. The molecule has 3 rings (SSSR count). The average Bonchev–Trinajstić information content (AvgIpc) is 3.03. The number of primary amides is 1. The first-order valence-corrected chi connectivity index (χ1v) is 8.59. The summed E-state index contributed by atoms with van der Waals surface area (Å²) in [5, 5.41) is 14.8. The van der Waals surface area contributed by atoms with Crippen LogP contribution in [0.1, 0.15) is 12.8 Å². The van der Waals surface area contributed by atoms with Gasteiger partial charge in [0.15, 0.2) is 0 Å². The fraction of sp³-hybridized carbons (Fsp3) is 0.176. The number of nitrogens with two attached hydrogens (primary N) is 1. The van der Waals surface area contributed by atoms with Gasteiger partial charge in [-0.15, -0.1) is 11.3 Å². The van der Waals surface area contributed by atoms with Crippen LogP contribution in [0.4, 0.5) is 10.2 Å². The van der Waals surface area contributed by atoms with Crippen molar-refractivity contribution in [2.45, 2.75) is 18.9 Å². The van der Waals surface area contributed by atoms with Crippen LogP contribution in [0.25, 0.3) is 21.3 Å². The molecule has 3 aromatic rings. The number of amides is 1. The second-order valence-electron chi connectivity index (χ2n) is 5.60. The molecule has 1 amide bonds. The minimum Gasteiger partial charge on any atom is -0.480 e. The number of aliphatic carboxylic acids is 1. The maximum atomic E-state index is 13.2. The van der Waals surface area contributed by atoms with E-state index in [4.69, 9.17) is 5.73 Å². The molecule has 1 aromatic carbocycles. The summed E-state index contributed by atoms with van der Waals surface area (Å²) in [5.41, 5.74) is 6.64. The fourth-order valence-electron chi connectivity index (χ4n) is 2.54. The molecular formula is C17H15FN4O3S. The van der Waals surface area contributed by atoms with Crippen molar-refractivity contribution < 1.29 is 19.1 Å². The Morgan fingerprint density at radius 1 is 1.27 bits per heavy atom. The molecule has 1 atom stereocenters. The molecule has 0 saturated heterocycles. The van der Waals surface area contributed by atoms with Crippen LogP contribution in [0, 0.1) is 5.82 Å². The van der Waals surface area contributed by atoms with E-state index >= 15 is 0 Å². The zero-order valence-corrected chi connectivity index (χ0v) is 14.3. The number of carboxylic acid groups (broad SMARTS) is 1. The van der Waals surface area contributed by atoms with Gasteiger partial charge in [-0.2, -0.15) is 0 Å². The molecule has 0 aliphatic carbocycles. The molecule has 0 bridgehead atoms. The van der Waals surface area contributed by atoms with E-state index in [0.29, 0.717) is 16.0 Å². The number of carbonyl (C=O) groups excluding carboxylic acids is 1. The normalized spacial score (nSPS) is 12.0. The summed E-state index contributed by atoms with van der Waals surface area (Å²) < 4.78 is 13.2. The summed E-state index contributed by atoms with van der Waals surface area (Å²) in [5.74, 6) is -1.70. The lowest BCUT2D eigenvalue weighted by Crippen LogP contribution is -2.31. The zero-order chi connectivity index (χ0) is 18.7. The number of thiophene rings is 1. The third-order valence-corrected chi connectivity index (χ3v) is 4.70. The molecule has 0 aliphatic heterocycles. The van der Waals surface area contributed by atoms with Crippen LogP contribution in [0.2, 0.25) is 0 Å². The first kappa shape index (κ1) is 17.7. The van der Waals surface area contributed by atoms with Crippen LogP contribution >= 0.6 is 11.3 Å². The molecule has 134 valence electrons. The first-order valence-electron chi connectivity index (χ1n) is 7.71. The highest BCUT2D eigenvalue weighted by atomic mass is 32.1. The van der Waals surface area contributed by atoms with Crippen molar-refractivity contribution in [2.75, 3.05) is 5.32 Å². The van der Waals surface area contributed by atoms with E-state index < -0.39 is 17.9 Å². The number of halogens is 1. The van der Waals surface area contributed by atoms with Gasteiger partial charge in [0.05, 0.1) is 5.39 Å². The molecule has 0 saturated carbocycles. The molecule has 4 N–H and O–H groups in total. The van der Waals surface area contributed by atoms with Crippen molar-refractivity contribution in [3.05, 3.63) is 41.8 Å². The zero-order valence-electron chi connectivity index (χ0n) is 13.5. The van der Waals surface area contributed by atoms with Gasteiger partial charge in [-0.3, -0.25) is 4.79 Å². The number of fused-ring (bicyclic) bond motifs is 1. The third kappa shape index (κ3) is 3.77. The lowest BCUT2D eigenvalue weighted by Gasteiger charge is -2.15. The molecule has 0 radical (unpaired) electrons. The number of hydrogen-bond acceptors (Lipinski definition) is 6. The van der Waals surface area contributed by atoms with Crippen molar-refractivity contribution in [1.29, 1.82) is 0 Å². The predicted octanol–water partition coefficient (Wildman–Crippen LogP) is 2.63. The molecule has 0 aliphatic rings. The SMILES string of the molecule is NC(=O)CCC(Nc1ncnc2scc(-c3ccc(F)cc3)c12)C(=O)O. The van der Waals surface area contributed by atoms with Gasteiger partial charge < -0.3 is 16.2 Å². The maximum absolute atomic E-state index is 13.2. The van der Waals surface area contributed by atoms with Crippen LogP contribution in [0.15, 0.2) is 36.0 Å². The number of anilines is 1. The number of nitrogens with zero attached hydrogens (tertiary/aromatic N) is 2. The van der Waals surface area contributed by atoms with Crippen LogP contribution in [0.5, 0.6) is 0 Å². The summed E-state index contributed by atoms with van der Waals surface area (Å²) in [7, 11) is 0. The Hall–Kier alpha value is -3.07. The van der Waals surface area contributed by atoms with Crippen LogP contribution in [-0.2, 0) is 9.59 Å².